The van der Waals surface area contributed by atoms with E-state index in [1.54, 1.807) is 6.92 Å². The fourth-order valence-electron chi connectivity index (χ4n) is 2.53. The van der Waals surface area contributed by atoms with Gasteiger partial charge in [0.2, 0.25) is 15.9 Å². The molecule has 154 valence electrons. The van der Waals surface area contributed by atoms with Crippen molar-refractivity contribution in [1.29, 1.82) is 0 Å². The fourth-order valence-corrected chi connectivity index (χ4v) is 3.44. The van der Waals surface area contributed by atoms with Gasteiger partial charge in [0.1, 0.15) is 6.54 Å². The van der Waals surface area contributed by atoms with Gasteiger partial charge in [-0.15, -0.1) is 0 Å². The molecule has 0 aliphatic rings. The second kappa shape index (κ2) is 8.69. The van der Waals surface area contributed by atoms with Crippen LogP contribution in [-0.4, -0.2) is 45.1 Å². The Hall–Kier alpha value is -3.47. The molecule has 29 heavy (non-hydrogen) atoms. The molecule has 0 saturated carbocycles. The molecule has 1 N–H and O–H groups in total. The van der Waals surface area contributed by atoms with E-state index in [2.05, 4.69) is 10.1 Å². The maximum atomic E-state index is 12.5. The number of amides is 1. The van der Waals surface area contributed by atoms with Crippen LogP contribution in [0.4, 0.5) is 17.1 Å². The lowest BCUT2D eigenvalue weighted by Gasteiger charge is -2.23. The highest BCUT2D eigenvalue weighted by atomic mass is 32.2. The molecule has 11 heteroatoms. The van der Waals surface area contributed by atoms with Crippen LogP contribution in [0.5, 0.6) is 0 Å². The Kier molecular flexibility index (Phi) is 6.54. The zero-order valence-electron chi connectivity index (χ0n) is 15.9. The molecule has 0 heterocycles. The maximum absolute atomic E-state index is 12.5. The first kappa shape index (κ1) is 21.8. The number of aryl methyl sites for hydroxylation is 1. The van der Waals surface area contributed by atoms with E-state index in [-0.39, 0.29) is 22.6 Å². The van der Waals surface area contributed by atoms with Crippen molar-refractivity contribution in [2.45, 2.75) is 6.92 Å². The van der Waals surface area contributed by atoms with Crippen LogP contribution < -0.4 is 9.62 Å². The van der Waals surface area contributed by atoms with E-state index in [0.29, 0.717) is 5.56 Å². The molecule has 0 aliphatic carbocycles. The molecule has 1 amide bonds. The van der Waals surface area contributed by atoms with Gasteiger partial charge in [0.15, 0.2) is 0 Å². The minimum absolute atomic E-state index is 0.0279. The van der Waals surface area contributed by atoms with E-state index < -0.39 is 33.4 Å². The number of nitro groups is 1. The molecular formula is C18H19N3O7S. The molecule has 0 aliphatic heterocycles. The summed E-state index contributed by atoms with van der Waals surface area (Å²) >= 11 is 0. The van der Waals surface area contributed by atoms with Gasteiger partial charge in [0.25, 0.3) is 5.69 Å². The number of sulfonamides is 1. The van der Waals surface area contributed by atoms with Crippen LogP contribution >= 0.6 is 0 Å². The zero-order valence-corrected chi connectivity index (χ0v) is 16.7. The first-order chi connectivity index (χ1) is 13.5. The van der Waals surface area contributed by atoms with E-state index in [4.69, 9.17) is 0 Å². The third-order valence-electron chi connectivity index (χ3n) is 3.93. The number of non-ortho nitro benzene ring substituents is 1. The van der Waals surface area contributed by atoms with E-state index >= 15 is 0 Å². The highest BCUT2D eigenvalue weighted by Gasteiger charge is 2.24. The largest absolute Gasteiger partial charge is 0.465 e. The molecule has 2 rings (SSSR count). The molecule has 0 unspecified atom stereocenters. The van der Waals surface area contributed by atoms with Crippen molar-refractivity contribution < 1.29 is 27.7 Å². The summed E-state index contributed by atoms with van der Waals surface area (Å²) in [6.45, 7) is 0.971. The molecule has 0 atom stereocenters. The van der Waals surface area contributed by atoms with Gasteiger partial charge in [-0.1, -0.05) is 12.1 Å². The number of esters is 1. The monoisotopic (exact) mass is 421 g/mol. The molecule has 0 spiro atoms. The highest BCUT2D eigenvalue weighted by Crippen LogP contribution is 2.27. The third-order valence-corrected chi connectivity index (χ3v) is 5.05. The van der Waals surface area contributed by atoms with E-state index in [1.165, 1.54) is 43.5 Å². The Morgan fingerprint density at radius 1 is 1.21 bits per heavy atom. The lowest BCUT2D eigenvalue weighted by molar-refractivity contribution is -0.384. The van der Waals surface area contributed by atoms with Gasteiger partial charge in [0.05, 0.1) is 29.5 Å². The van der Waals surface area contributed by atoms with Crippen molar-refractivity contribution in [2.24, 2.45) is 0 Å². The second-order valence-electron chi connectivity index (χ2n) is 6.12. The number of carbonyl (C=O) groups is 2. The maximum Gasteiger partial charge on any atom is 0.337 e. The number of methoxy groups -OCH3 is 1. The molecule has 0 fully saturated rings. The number of carbonyl (C=O) groups excluding carboxylic acids is 2. The van der Waals surface area contributed by atoms with Crippen molar-refractivity contribution >= 4 is 39.0 Å². The lowest BCUT2D eigenvalue weighted by atomic mass is 10.2. The van der Waals surface area contributed by atoms with Gasteiger partial charge >= 0.3 is 5.97 Å². The molecule has 0 bridgehead atoms. The predicted molar refractivity (Wildman–Crippen MR) is 106 cm³/mol. The number of nitrogens with zero attached hydrogens (tertiary/aromatic N) is 2. The van der Waals surface area contributed by atoms with E-state index in [9.17, 15) is 28.1 Å². The summed E-state index contributed by atoms with van der Waals surface area (Å²) in [6.07, 6.45) is 0.899. The smallest absolute Gasteiger partial charge is 0.337 e. The van der Waals surface area contributed by atoms with E-state index in [0.717, 1.165) is 16.6 Å². The summed E-state index contributed by atoms with van der Waals surface area (Å²) in [6, 6.07) is 9.68. The average molecular weight is 421 g/mol. The summed E-state index contributed by atoms with van der Waals surface area (Å²) in [5.41, 5.74) is 0.647. The third kappa shape index (κ3) is 5.51. The van der Waals surface area contributed by atoms with Gasteiger partial charge in [0, 0.05) is 17.8 Å². The van der Waals surface area contributed by atoms with Crippen LogP contribution in [0, 0.1) is 17.0 Å². The number of nitrogens with one attached hydrogen (secondary N) is 1. The number of rotatable bonds is 7. The second-order valence-corrected chi connectivity index (χ2v) is 8.02. The zero-order chi connectivity index (χ0) is 21.8. The van der Waals surface area contributed by atoms with Crippen molar-refractivity contribution in [3.8, 4) is 0 Å². The van der Waals surface area contributed by atoms with Crippen LogP contribution in [0.1, 0.15) is 15.9 Å². The SMILES string of the molecule is COC(=O)c1cccc(NC(=O)CN(c2cc([N+](=O)[O-])ccc2C)S(C)(=O)=O)c1. The summed E-state index contributed by atoms with van der Waals surface area (Å²) in [5, 5.41) is 13.5. The Labute approximate surface area is 167 Å². The fraction of sp³-hybridized carbons (Fsp3) is 0.222. The molecule has 10 nitrogen and oxygen atoms in total. The van der Waals surface area contributed by atoms with Crippen molar-refractivity contribution in [2.75, 3.05) is 29.5 Å². The first-order valence-electron chi connectivity index (χ1n) is 8.24. The molecule has 2 aromatic carbocycles. The lowest BCUT2D eigenvalue weighted by Crippen LogP contribution is -2.37. The quantitative estimate of drug-likeness (QED) is 0.411. The number of nitro benzene ring substituents is 1. The van der Waals surface area contributed by atoms with Gasteiger partial charge in [-0.2, -0.15) is 0 Å². The minimum atomic E-state index is -3.92. The van der Waals surface area contributed by atoms with Crippen molar-refractivity contribution in [1.82, 2.24) is 0 Å². The number of ether oxygens (including phenoxy) is 1. The average Bonchev–Trinajstić information content (AvgIpc) is 2.65. The molecule has 2 aromatic rings. The van der Waals surface area contributed by atoms with Gasteiger partial charge < -0.3 is 10.1 Å². The summed E-state index contributed by atoms with van der Waals surface area (Å²) < 4.78 is 29.9. The molecule has 0 radical (unpaired) electrons. The highest BCUT2D eigenvalue weighted by molar-refractivity contribution is 7.92. The number of hydrogen-bond donors (Lipinski definition) is 1. The van der Waals surface area contributed by atoms with Crippen LogP contribution in [0.15, 0.2) is 42.5 Å². The van der Waals surface area contributed by atoms with Crippen molar-refractivity contribution in [3.05, 3.63) is 63.7 Å². The Bertz CT molecular complexity index is 1070. The summed E-state index contributed by atoms with van der Waals surface area (Å²) in [4.78, 5) is 34.4. The number of anilines is 2. The van der Waals surface area contributed by atoms with Crippen LogP contribution in [-0.2, 0) is 19.6 Å². The van der Waals surface area contributed by atoms with Crippen LogP contribution in [0.3, 0.4) is 0 Å². The van der Waals surface area contributed by atoms with Crippen LogP contribution in [0.2, 0.25) is 0 Å². The minimum Gasteiger partial charge on any atom is -0.465 e. The van der Waals surface area contributed by atoms with Crippen LogP contribution in [0.25, 0.3) is 0 Å². The number of benzene rings is 2. The predicted octanol–water partition coefficient (Wildman–Crippen LogP) is 2.09. The molecular weight excluding hydrogens is 402 g/mol. The standard InChI is InChI=1S/C18H19N3O7S/c1-12-7-8-15(21(24)25)10-16(12)20(29(3,26)27)11-17(22)19-14-6-4-5-13(9-14)18(23)28-2/h4-10H,11H2,1-3H3,(H,19,22). The Morgan fingerprint density at radius 2 is 1.90 bits per heavy atom. The normalized spacial score (nSPS) is 10.9. The first-order valence-corrected chi connectivity index (χ1v) is 10.1. The Morgan fingerprint density at radius 3 is 2.48 bits per heavy atom. The van der Waals surface area contributed by atoms with Gasteiger partial charge in [-0.3, -0.25) is 19.2 Å². The van der Waals surface area contributed by atoms with Gasteiger partial charge in [-0.05, 0) is 30.7 Å². The van der Waals surface area contributed by atoms with E-state index in [1.807, 2.05) is 0 Å². The van der Waals surface area contributed by atoms with Gasteiger partial charge in [-0.25, -0.2) is 13.2 Å². The molecule has 0 saturated heterocycles. The topological polar surface area (TPSA) is 136 Å². The molecule has 0 aromatic heterocycles. The Balaban J connectivity index is 2.31. The summed E-state index contributed by atoms with van der Waals surface area (Å²) in [7, 11) is -2.70. The number of hydrogen-bond acceptors (Lipinski definition) is 7. The van der Waals surface area contributed by atoms with Crippen molar-refractivity contribution in [3.63, 3.8) is 0 Å². The summed E-state index contributed by atoms with van der Waals surface area (Å²) in [5.74, 6) is -1.28.